The van der Waals surface area contributed by atoms with Gasteiger partial charge in [0.2, 0.25) is 0 Å². The Morgan fingerprint density at radius 2 is 2.12 bits per heavy atom. The van der Waals surface area contributed by atoms with Gasteiger partial charge in [0.05, 0.1) is 5.41 Å². The third kappa shape index (κ3) is 3.30. The van der Waals surface area contributed by atoms with Crippen molar-refractivity contribution in [3.8, 4) is 0 Å². The normalized spacial score (nSPS) is 23.0. The van der Waals surface area contributed by atoms with E-state index in [4.69, 9.17) is 0 Å². The van der Waals surface area contributed by atoms with Crippen molar-refractivity contribution in [1.29, 1.82) is 0 Å². The predicted molar refractivity (Wildman–Crippen MR) is 100 cm³/mol. The van der Waals surface area contributed by atoms with Crippen LogP contribution in [0.4, 0.5) is 5.82 Å². The molecule has 0 amide bonds. The van der Waals surface area contributed by atoms with Crippen molar-refractivity contribution in [2.45, 2.75) is 44.9 Å². The second-order valence-corrected chi connectivity index (χ2v) is 7.79. The summed E-state index contributed by atoms with van der Waals surface area (Å²) in [5.74, 6) is 0.733. The molecule has 2 heterocycles. The third-order valence-corrected chi connectivity index (χ3v) is 5.81. The maximum absolute atomic E-state index is 12.3. The second-order valence-electron chi connectivity index (χ2n) is 7.79. The molecule has 2 fully saturated rings. The Morgan fingerprint density at radius 1 is 1.31 bits per heavy atom. The van der Waals surface area contributed by atoms with E-state index in [2.05, 4.69) is 40.0 Å². The summed E-state index contributed by atoms with van der Waals surface area (Å²) in [5.41, 5.74) is 2.61. The molecule has 2 aliphatic rings. The number of piperidine rings is 1. The third-order valence-electron chi connectivity index (χ3n) is 5.81. The summed E-state index contributed by atoms with van der Waals surface area (Å²) in [7, 11) is 0. The Morgan fingerprint density at radius 3 is 2.85 bits per heavy atom. The lowest BCUT2D eigenvalue weighted by Crippen LogP contribution is -2.49. The Labute approximate surface area is 154 Å². The molecule has 0 spiro atoms. The zero-order valence-electron chi connectivity index (χ0n) is 15.2. The van der Waals surface area contributed by atoms with Crippen LogP contribution in [0.5, 0.6) is 0 Å². The maximum atomic E-state index is 12.3. The molecule has 5 heteroatoms. The Kier molecular flexibility index (Phi) is 4.39. The summed E-state index contributed by atoms with van der Waals surface area (Å²) in [6, 6.07) is 10.2. The molecule has 2 aromatic rings. The van der Waals surface area contributed by atoms with Crippen molar-refractivity contribution in [3.63, 3.8) is 0 Å². The number of aromatic nitrogens is 2. The van der Waals surface area contributed by atoms with Crippen LogP contribution in [0.1, 0.15) is 48.4 Å². The van der Waals surface area contributed by atoms with Gasteiger partial charge < -0.3 is 10.0 Å². The van der Waals surface area contributed by atoms with Gasteiger partial charge in [-0.1, -0.05) is 24.3 Å². The average Bonchev–Trinajstić information content (AvgIpc) is 3.49. The molecule has 1 saturated heterocycles. The summed E-state index contributed by atoms with van der Waals surface area (Å²) < 4.78 is 0. The highest BCUT2D eigenvalue weighted by molar-refractivity contribution is 5.76. The van der Waals surface area contributed by atoms with E-state index in [9.17, 15) is 9.90 Å². The van der Waals surface area contributed by atoms with Crippen LogP contribution in [-0.4, -0.2) is 34.1 Å². The first-order valence-electron chi connectivity index (χ1n) is 9.42. The molecular weight excluding hydrogens is 326 g/mol. The van der Waals surface area contributed by atoms with Crippen LogP contribution in [0.3, 0.4) is 0 Å². The number of aryl methyl sites for hydroxylation is 1. The first kappa shape index (κ1) is 17.0. The minimum atomic E-state index is -0.769. The van der Waals surface area contributed by atoms with Crippen LogP contribution in [0.2, 0.25) is 0 Å². The molecule has 1 aromatic carbocycles. The lowest BCUT2D eigenvalue weighted by molar-refractivity contribution is -0.149. The van der Waals surface area contributed by atoms with Gasteiger partial charge in [0.15, 0.2) is 0 Å². The quantitative estimate of drug-likeness (QED) is 0.892. The fourth-order valence-electron chi connectivity index (χ4n) is 4.03. The fourth-order valence-corrected chi connectivity index (χ4v) is 4.03. The number of carboxylic acid groups (broad SMARTS) is 1. The van der Waals surface area contributed by atoms with Crippen LogP contribution in [0, 0.1) is 12.3 Å². The van der Waals surface area contributed by atoms with Gasteiger partial charge in [-0.2, -0.15) is 0 Å². The molecule has 4 rings (SSSR count). The zero-order chi connectivity index (χ0) is 18.1. The van der Waals surface area contributed by atoms with Gasteiger partial charge in [0, 0.05) is 30.8 Å². The van der Waals surface area contributed by atoms with Gasteiger partial charge in [0.25, 0.3) is 0 Å². The number of rotatable bonds is 5. The standard InChI is InChI=1S/C21H25N3O2/c1-15-5-2-3-6-17(15)12-21(20(25)26)9-4-10-24(13-21)19-11-18(16-7-8-16)22-14-23-19/h2-3,5-6,11,14,16H,4,7-10,12-13H2,1H3,(H,25,26)/t21-/m0/s1. The summed E-state index contributed by atoms with van der Waals surface area (Å²) in [6.45, 7) is 3.40. The molecule has 1 aliphatic heterocycles. The molecular formula is C21H25N3O2. The molecule has 1 saturated carbocycles. The molecule has 0 radical (unpaired) electrons. The van der Waals surface area contributed by atoms with Crippen LogP contribution < -0.4 is 4.90 Å². The van der Waals surface area contributed by atoms with E-state index >= 15 is 0 Å². The fraction of sp³-hybridized carbons (Fsp3) is 0.476. The number of nitrogens with zero attached hydrogens (tertiary/aromatic N) is 3. The Balaban J connectivity index is 1.61. The van der Waals surface area contributed by atoms with E-state index in [1.165, 1.54) is 12.8 Å². The molecule has 1 N–H and O–H groups in total. The van der Waals surface area contributed by atoms with Crippen molar-refractivity contribution in [1.82, 2.24) is 9.97 Å². The van der Waals surface area contributed by atoms with Crippen LogP contribution in [0.25, 0.3) is 0 Å². The molecule has 0 bridgehead atoms. The minimum Gasteiger partial charge on any atom is -0.481 e. The van der Waals surface area contributed by atoms with Gasteiger partial charge in [-0.3, -0.25) is 4.79 Å². The lowest BCUT2D eigenvalue weighted by Gasteiger charge is -2.41. The number of benzene rings is 1. The van der Waals surface area contributed by atoms with E-state index in [0.29, 0.717) is 25.3 Å². The highest BCUT2D eigenvalue weighted by Crippen LogP contribution is 2.41. The molecule has 1 aromatic heterocycles. The van der Waals surface area contributed by atoms with E-state index in [-0.39, 0.29) is 0 Å². The highest BCUT2D eigenvalue weighted by atomic mass is 16.4. The van der Waals surface area contributed by atoms with Crippen molar-refractivity contribution >= 4 is 11.8 Å². The van der Waals surface area contributed by atoms with Crippen LogP contribution >= 0.6 is 0 Å². The van der Waals surface area contributed by atoms with E-state index in [1.807, 2.05) is 12.1 Å². The zero-order valence-corrected chi connectivity index (χ0v) is 15.2. The Hall–Kier alpha value is -2.43. The van der Waals surface area contributed by atoms with Gasteiger partial charge in [-0.25, -0.2) is 9.97 Å². The molecule has 26 heavy (non-hydrogen) atoms. The lowest BCUT2D eigenvalue weighted by atomic mass is 9.74. The summed E-state index contributed by atoms with van der Waals surface area (Å²) in [4.78, 5) is 23.3. The largest absolute Gasteiger partial charge is 0.481 e. The topological polar surface area (TPSA) is 66.3 Å². The van der Waals surface area contributed by atoms with E-state index in [1.54, 1.807) is 6.33 Å². The SMILES string of the molecule is Cc1ccccc1C[C@@]1(C(=O)O)CCCN(c2cc(C3CC3)ncn2)C1. The van der Waals surface area contributed by atoms with E-state index in [0.717, 1.165) is 35.6 Å². The summed E-state index contributed by atoms with van der Waals surface area (Å²) in [6.07, 6.45) is 6.15. The number of anilines is 1. The van der Waals surface area contributed by atoms with Crippen molar-refractivity contribution in [2.75, 3.05) is 18.0 Å². The van der Waals surface area contributed by atoms with Gasteiger partial charge in [-0.05, 0) is 50.2 Å². The number of carbonyl (C=O) groups is 1. The molecule has 136 valence electrons. The number of hydrogen-bond donors (Lipinski definition) is 1. The molecule has 0 unspecified atom stereocenters. The first-order chi connectivity index (χ1) is 12.6. The van der Waals surface area contributed by atoms with Gasteiger partial charge in [-0.15, -0.1) is 0 Å². The predicted octanol–water partition coefficient (Wildman–Crippen LogP) is 3.58. The molecule has 5 nitrogen and oxygen atoms in total. The number of hydrogen-bond acceptors (Lipinski definition) is 4. The first-order valence-corrected chi connectivity index (χ1v) is 9.42. The highest BCUT2D eigenvalue weighted by Gasteiger charge is 2.43. The maximum Gasteiger partial charge on any atom is 0.311 e. The van der Waals surface area contributed by atoms with Crippen LogP contribution in [0.15, 0.2) is 36.7 Å². The van der Waals surface area contributed by atoms with Gasteiger partial charge >= 0.3 is 5.97 Å². The Bertz CT molecular complexity index is 818. The number of carboxylic acids is 1. The van der Waals surface area contributed by atoms with Crippen molar-refractivity contribution < 1.29 is 9.90 Å². The number of aliphatic carboxylic acids is 1. The molecule has 1 aliphatic carbocycles. The monoisotopic (exact) mass is 351 g/mol. The molecule has 1 atom stereocenters. The van der Waals surface area contributed by atoms with E-state index < -0.39 is 11.4 Å². The second kappa shape index (κ2) is 6.71. The summed E-state index contributed by atoms with van der Waals surface area (Å²) >= 11 is 0. The van der Waals surface area contributed by atoms with Crippen LogP contribution in [-0.2, 0) is 11.2 Å². The smallest absolute Gasteiger partial charge is 0.311 e. The summed E-state index contributed by atoms with van der Waals surface area (Å²) in [5, 5.41) is 10.1. The van der Waals surface area contributed by atoms with Crippen molar-refractivity contribution in [2.24, 2.45) is 5.41 Å². The van der Waals surface area contributed by atoms with Gasteiger partial charge in [0.1, 0.15) is 12.1 Å². The minimum absolute atomic E-state index is 0.498. The average molecular weight is 351 g/mol. The van der Waals surface area contributed by atoms with Crippen molar-refractivity contribution in [3.05, 3.63) is 53.5 Å².